The molecule has 1 aliphatic carbocycles. The minimum atomic E-state index is -0.788. The zero-order valence-corrected chi connectivity index (χ0v) is 21.2. The van der Waals surface area contributed by atoms with Crippen molar-refractivity contribution in [3.8, 4) is 0 Å². The van der Waals surface area contributed by atoms with Gasteiger partial charge in [0.15, 0.2) is 0 Å². The summed E-state index contributed by atoms with van der Waals surface area (Å²) in [7, 11) is 0. The lowest BCUT2D eigenvalue weighted by Gasteiger charge is -2.46. The number of hydrogen-bond acceptors (Lipinski definition) is 3. The number of likely N-dealkylation sites (tertiary alicyclic amines) is 1. The number of unbranched alkanes of at least 4 members (excludes halogenated alkanes) is 1. The summed E-state index contributed by atoms with van der Waals surface area (Å²) in [4.78, 5) is 29.9. The van der Waals surface area contributed by atoms with Crippen molar-refractivity contribution in [2.45, 2.75) is 83.9 Å². The summed E-state index contributed by atoms with van der Waals surface area (Å²) in [6.07, 6.45) is 6.40. The Balaban J connectivity index is 1.47. The van der Waals surface area contributed by atoms with Crippen LogP contribution in [0.3, 0.4) is 0 Å². The van der Waals surface area contributed by atoms with E-state index < -0.39 is 5.41 Å². The van der Waals surface area contributed by atoms with E-state index in [0.29, 0.717) is 24.7 Å². The maximum atomic E-state index is 14.0. The van der Waals surface area contributed by atoms with E-state index in [1.165, 1.54) is 29.8 Å². The van der Waals surface area contributed by atoms with Gasteiger partial charge in [0, 0.05) is 41.6 Å². The Labute approximate surface area is 206 Å². The monoisotopic (exact) mass is 483 g/mol. The maximum Gasteiger partial charge on any atom is 0.410 e. The van der Waals surface area contributed by atoms with Gasteiger partial charge >= 0.3 is 6.09 Å². The Kier molecular flexibility index (Phi) is 6.13. The summed E-state index contributed by atoms with van der Waals surface area (Å²) in [6.45, 7) is 8.00. The van der Waals surface area contributed by atoms with Gasteiger partial charge in [-0.1, -0.05) is 31.0 Å². The molecule has 1 fully saturated rings. The number of nitrogens with zero attached hydrogens (tertiary/aromatic N) is 3. The largest absolute Gasteiger partial charge is 0.447 e. The van der Waals surface area contributed by atoms with Crippen molar-refractivity contribution >= 4 is 29.3 Å². The van der Waals surface area contributed by atoms with Gasteiger partial charge in [-0.25, -0.2) is 4.79 Å². The van der Waals surface area contributed by atoms with E-state index in [1.54, 1.807) is 4.90 Å². The van der Waals surface area contributed by atoms with E-state index in [-0.39, 0.29) is 18.1 Å². The predicted molar refractivity (Wildman–Crippen MR) is 133 cm³/mol. The molecule has 182 valence electrons. The van der Waals surface area contributed by atoms with Crippen molar-refractivity contribution in [1.82, 2.24) is 9.47 Å². The molecule has 1 aromatic carbocycles. The first-order valence-corrected chi connectivity index (χ1v) is 13.0. The average molecular weight is 484 g/mol. The number of carbonyl (C=O) groups excluding carboxylic acids is 2. The Morgan fingerprint density at radius 1 is 1.21 bits per heavy atom. The first-order valence-electron chi connectivity index (χ1n) is 12.6. The highest BCUT2D eigenvalue weighted by Crippen LogP contribution is 2.51. The van der Waals surface area contributed by atoms with Crippen LogP contribution in [-0.4, -0.2) is 40.7 Å². The highest BCUT2D eigenvalue weighted by Gasteiger charge is 2.60. The number of carbonyl (C=O) groups is 2. The first-order chi connectivity index (χ1) is 16.4. The fraction of sp³-hybridized carbons (Fsp3) is 0.556. The second-order valence-corrected chi connectivity index (χ2v) is 10.6. The number of rotatable bonds is 6. The number of aryl methyl sites for hydroxylation is 1. The molecule has 0 radical (unpaired) electrons. The number of aromatic nitrogens is 1. The molecule has 3 aliphatic rings. The first kappa shape index (κ1) is 23.3. The third-order valence-electron chi connectivity index (χ3n) is 7.48. The summed E-state index contributed by atoms with van der Waals surface area (Å²) < 4.78 is 7.82. The van der Waals surface area contributed by atoms with Gasteiger partial charge in [-0.05, 0) is 69.7 Å². The smallest absolute Gasteiger partial charge is 0.410 e. The van der Waals surface area contributed by atoms with Crippen molar-refractivity contribution in [2.75, 3.05) is 18.0 Å². The highest BCUT2D eigenvalue weighted by atomic mass is 35.5. The fourth-order valence-corrected chi connectivity index (χ4v) is 6.21. The average Bonchev–Trinajstić information content (AvgIpc) is 3.24. The van der Waals surface area contributed by atoms with Crippen molar-refractivity contribution in [3.05, 3.63) is 51.8 Å². The number of benzene rings is 1. The third-order valence-corrected chi connectivity index (χ3v) is 7.80. The molecule has 7 heteroatoms. The zero-order chi connectivity index (χ0) is 24.0. The molecule has 0 N–H and O–H groups in total. The SMILES string of the molecule is CCCCn1c(CN2C(=O)C3(CN(C(=O)OC(C)C)C3)c3c(Cl)cccc32)cc2c1CCCC2. The van der Waals surface area contributed by atoms with Crippen LogP contribution in [0.1, 0.15) is 69.0 Å². The van der Waals surface area contributed by atoms with Gasteiger partial charge in [-0.2, -0.15) is 0 Å². The van der Waals surface area contributed by atoms with Crippen LogP contribution in [0.4, 0.5) is 10.5 Å². The molecule has 1 spiro atoms. The van der Waals surface area contributed by atoms with Gasteiger partial charge in [-0.15, -0.1) is 0 Å². The van der Waals surface area contributed by atoms with E-state index in [0.717, 1.165) is 43.5 Å². The second-order valence-electron chi connectivity index (χ2n) is 10.2. The van der Waals surface area contributed by atoms with E-state index in [4.69, 9.17) is 16.3 Å². The van der Waals surface area contributed by atoms with Crippen LogP contribution in [0, 0.1) is 0 Å². The molecule has 0 atom stereocenters. The molecule has 1 aromatic heterocycles. The second kappa shape index (κ2) is 8.95. The van der Waals surface area contributed by atoms with Crippen LogP contribution < -0.4 is 4.90 Å². The summed E-state index contributed by atoms with van der Waals surface area (Å²) in [5.41, 5.74) is 5.03. The number of anilines is 1. The summed E-state index contributed by atoms with van der Waals surface area (Å²) in [5.74, 6) is 0.0328. The summed E-state index contributed by atoms with van der Waals surface area (Å²) >= 11 is 6.68. The Bertz CT molecular complexity index is 1120. The Morgan fingerprint density at radius 3 is 2.71 bits per heavy atom. The van der Waals surface area contributed by atoms with Crippen molar-refractivity contribution in [1.29, 1.82) is 0 Å². The third kappa shape index (κ3) is 3.71. The molecule has 5 rings (SSSR count). The zero-order valence-electron chi connectivity index (χ0n) is 20.4. The molecule has 34 heavy (non-hydrogen) atoms. The molecule has 0 unspecified atom stereocenters. The van der Waals surface area contributed by atoms with Crippen molar-refractivity contribution in [3.63, 3.8) is 0 Å². The van der Waals surface area contributed by atoms with E-state index in [9.17, 15) is 9.59 Å². The number of amides is 2. The molecular weight excluding hydrogens is 450 g/mol. The molecule has 0 bridgehead atoms. The minimum Gasteiger partial charge on any atom is -0.447 e. The summed E-state index contributed by atoms with van der Waals surface area (Å²) in [5, 5.41) is 0.589. The lowest BCUT2D eigenvalue weighted by atomic mass is 9.75. The number of fused-ring (bicyclic) bond motifs is 3. The fourth-order valence-electron chi connectivity index (χ4n) is 5.86. The van der Waals surface area contributed by atoms with E-state index in [1.807, 2.05) is 36.9 Å². The molecule has 2 aromatic rings. The van der Waals surface area contributed by atoms with Crippen LogP contribution >= 0.6 is 11.6 Å². The number of halogens is 1. The van der Waals surface area contributed by atoms with Crippen LogP contribution in [0.15, 0.2) is 24.3 Å². The quantitative estimate of drug-likeness (QED) is 0.547. The maximum absolute atomic E-state index is 14.0. The predicted octanol–water partition coefficient (Wildman–Crippen LogP) is 5.47. The molecule has 0 saturated carbocycles. The molecule has 3 heterocycles. The van der Waals surface area contributed by atoms with Gasteiger partial charge in [0.05, 0.1) is 18.3 Å². The Morgan fingerprint density at radius 2 is 1.97 bits per heavy atom. The van der Waals surface area contributed by atoms with Crippen LogP contribution in [0.2, 0.25) is 5.02 Å². The van der Waals surface area contributed by atoms with Gasteiger partial charge in [-0.3, -0.25) is 4.79 Å². The van der Waals surface area contributed by atoms with Gasteiger partial charge < -0.3 is 19.1 Å². The van der Waals surface area contributed by atoms with Gasteiger partial charge in [0.25, 0.3) is 0 Å². The van der Waals surface area contributed by atoms with Crippen LogP contribution in [0.5, 0.6) is 0 Å². The lowest BCUT2D eigenvalue weighted by molar-refractivity contribution is -0.128. The molecule has 6 nitrogen and oxygen atoms in total. The highest BCUT2D eigenvalue weighted by molar-refractivity contribution is 6.33. The normalized spacial score (nSPS) is 18.3. The summed E-state index contributed by atoms with van der Waals surface area (Å²) in [6, 6.07) is 8.06. The van der Waals surface area contributed by atoms with Crippen LogP contribution in [0.25, 0.3) is 0 Å². The molecule has 1 saturated heterocycles. The standard InChI is InChI=1S/C27H34ClN3O3/c1-4-5-13-30-20(14-19-9-6-7-11-22(19)30)15-31-23-12-8-10-21(28)24(23)27(25(31)32)16-29(17-27)26(33)34-18(2)3/h8,10,12,14,18H,4-7,9,11,13,15-17H2,1-3H3. The lowest BCUT2D eigenvalue weighted by Crippen LogP contribution is -2.65. The topological polar surface area (TPSA) is 54.8 Å². The van der Waals surface area contributed by atoms with Crippen molar-refractivity contribution < 1.29 is 14.3 Å². The van der Waals surface area contributed by atoms with Gasteiger partial charge in [0.1, 0.15) is 5.41 Å². The number of ether oxygens (including phenoxy) is 1. The van der Waals surface area contributed by atoms with E-state index >= 15 is 0 Å². The minimum absolute atomic E-state index is 0.0328. The van der Waals surface area contributed by atoms with Crippen LogP contribution in [-0.2, 0) is 40.9 Å². The Hall–Kier alpha value is -2.47. The molecule has 2 amide bonds. The van der Waals surface area contributed by atoms with Gasteiger partial charge in [0.2, 0.25) is 5.91 Å². The molecule has 2 aliphatic heterocycles. The van der Waals surface area contributed by atoms with Crippen molar-refractivity contribution in [2.24, 2.45) is 0 Å². The molecular formula is C27H34ClN3O3. The van der Waals surface area contributed by atoms with E-state index in [2.05, 4.69) is 17.6 Å². The number of hydrogen-bond donors (Lipinski definition) is 0.